The Labute approximate surface area is 121 Å². The van der Waals surface area contributed by atoms with Gasteiger partial charge in [0.05, 0.1) is 5.92 Å². The molecule has 4 atom stereocenters. The molecule has 0 aromatic heterocycles. The Morgan fingerprint density at radius 1 is 1.20 bits per heavy atom. The predicted molar refractivity (Wildman–Crippen MR) is 82.4 cm³/mol. The number of hydrogen-bond acceptors (Lipinski definition) is 1. The molecule has 0 aliphatic heterocycles. The first-order chi connectivity index (χ1) is 9.45. The molecule has 1 aliphatic carbocycles. The van der Waals surface area contributed by atoms with E-state index in [1.165, 1.54) is 16.7 Å². The van der Waals surface area contributed by atoms with Gasteiger partial charge in [-0.1, -0.05) is 56.7 Å². The SMILES string of the molecule is CC[C@H]1C(c2ccc(C)cc2)=C[C@H](C)[C@@H](C(=O)O)[C@@H]1C. The molecular weight excluding hydrogens is 248 g/mol. The number of allylic oxidation sites excluding steroid dienone is 2. The van der Waals surface area contributed by atoms with Gasteiger partial charge < -0.3 is 5.11 Å². The van der Waals surface area contributed by atoms with Gasteiger partial charge in [0, 0.05) is 0 Å². The zero-order valence-electron chi connectivity index (χ0n) is 12.8. The van der Waals surface area contributed by atoms with Gasteiger partial charge in [0.15, 0.2) is 0 Å². The van der Waals surface area contributed by atoms with Crippen LogP contribution in [0.25, 0.3) is 5.57 Å². The van der Waals surface area contributed by atoms with Gasteiger partial charge in [-0.15, -0.1) is 0 Å². The van der Waals surface area contributed by atoms with Crippen molar-refractivity contribution in [3.05, 3.63) is 41.5 Å². The van der Waals surface area contributed by atoms with Crippen LogP contribution in [0.15, 0.2) is 30.3 Å². The maximum absolute atomic E-state index is 11.5. The van der Waals surface area contributed by atoms with Crippen molar-refractivity contribution < 1.29 is 9.90 Å². The summed E-state index contributed by atoms with van der Waals surface area (Å²) in [5.41, 5.74) is 3.82. The van der Waals surface area contributed by atoms with Crippen LogP contribution < -0.4 is 0 Å². The van der Waals surface area contributed by atoms with Crippen LogP contribution in [0.4, 0.5) is 0 Å². The van der Waals surface area contributed by atoms with Crippen LogP contribution in [0, 0.1) is 30.6 Å². The fourth-order valence-corrected chi connectivity index (χ4v) is 3.62. The number of carboxylic acids is 1. The number of rotatable bonds is 3. The molecule has 1 aromatic carbocycles. The van der Waals surface area contributed by atoms with Crippen molar-refractivity contribution in [3.63, 3.8) is 0 Å². The summed E-state index contributed by atoms with van der Waals surface area (Å²) in [4.78, 5) is 11.5. The van der Waals surface area contributed by atoms with E-state index in [-0.39, 0.29) is 17.8 Å². The number of carboxylic acid groups (broad SMARTS) is 1. The molecule has 2 nitrogen and oxygen atoms in total. The Bertz CT molecular complexity index is 513. The van der Waals surface area contributed by atoms with Gasteiger partial charge in [-0.05, 0) is 42.2 Å². The molecule has 108 valence electrons. The van der Waals surface area contributed by atoms with E-state index in [1.807, 2.05) is 6.92 Å². The van der Waals surface area contributed by atoms with Crippen LogP contribution in [0.1, 0.15) is 38.3 Å². The lowest BCUT2D eigenvalue weighted by Crippen LogP contribution is -2.35. The summed E-state index contributed by atoms with van der Waals surface area (Å²) in [6, 6.07) is 8.57. The van der Waals surface area contributed by atoms with Crippen molar-refractivity contribution in [1.29, 1.82) is 0 Å². The molecule has 1 N–H and O–H groups in total. The fraction of sp³-hybridized carbons (Fsp3) is 0.500. The van der Waals surface area contributed by atoms with Crippen molar-refractivity contribution in [2.75, 3.05) is 0 Å². The van der Waals surface area contributed by atoms with Crippen LogP contribution in [-0.2, 0) is 4.79 Å². The molecule has 1 aliphatic rings. The van der Waals surface area contributed by atoms with Crippen LogP contribution in [0.2, 0.25) is 0 Å². The second-order valence-corrected chi connectivity index (χ2v) is 6.09. The highest BCUT2D eigenvalue weighted by atomic mass is 16.4. The van der Waals surface area contributed by atoms with Crippen LogP contribution in [0.3, 0.4) is 0 Å². The molecule has 0 saturated heterocycles. The first-order valence-corrected chi connectivity index (χ1v) is 7.47. The molecule has 2 rings (SSSR count). The molecule has 1 aromatic rings. The van der Waals surface area contributed by atoms with Crippen LogP contribution >= 0.6 is 0 Å². The zero-order valence-corrected chi connectivity index (χ0v) is 12.8. The normalized spacial score (nSPS) is 29.9. The van der Waals surface area contributed by atoms with E-state index in [4.69, 9.17) is 0 Å². The molecular formula is C18H24O2. The van der Waals surface area contributed by atoms with E-state index < -0.39 is 5.97 Å². The number of benzene rings is 1. The second-order valence-electron chi connectivity index (χ2n) is 6.09. The molecule has 0 amide bonds. The zero-order chi connectivity index (χ0) is 14.9. The van der Waals surface area contributed by atoms with E-state index in [0.717, 1.165) is 6.42 Å². The van der Waals surface area contributed by atoms with Gasteiger partial charge in [0.2, 0.25) is 0 Å². The minimum atomic E-state index is -0.664. The third kappa shape index (κ3) is 2.65. The second kappa shape index (κ2) is 5.82. The average molecular weight is 272 g/mol. The molecule has 0 unspecified atom stereocenters. The smallest absolute Gasteiger partial charge is 0.307 e. The molecule has 0 fully saturated rings. The third-order valence-corrected chi connectivity index (χ3v) is 4.72. The Balaban J connectivity index is 2.43. The lowest BCUT2D eigenvalue weighted by molar-refractivity contribution is -0.145. The molecule has 2 heteroatoms. The number of hydrogen-bond donors (Lipinski definition) is 1. The minimum absolute atomic E-state index is 0.0848. The Morgan fingerprint density at radius 3 is 2.30 bits per heavy atom. The highest BCUT2D eigenvalue weighted by molar-refractivity contribution is 5.76. The van der Waals surface area contributed by atoms with Crippen molar-refractivity contribution in [2.24, 2.45) is 23.7 Å². The summed E-state index contributed by atoms with van der Waals surface area (Å²) in [7, 11) is 0. The molecule has 0 saturated carbocycles. The largest absolute Gasteiger partial charge is 0.481 e. The van der Waals surface area contributed by atoms with Crippen molar-refractivity contribution in [1.82, 2.24) is 0 Å². The van der Waals surface area contributed by atoms with Gasteiger partial charge in [-0.2, -0.15) is 0 Å². The average Bonchev–Trinajstić information content (AvgIpc) is 2.38. The third-order valence-electron chi connectivity index (χ3n) is 4.72. The lowest BCUT2D eigenvalue weighted by atomic mass is 9.66. The van der Waals surface area contributed by atoms with Crippen molar-refractivity contribution in [3.8, 4) is 0 Å². The minimum Gasteiger partial charge on any atom is -0.481 e. The summed E-state index contributed by atoms with van der Waals surface area (Å²) in [6.07, 6.45) is 3.16. The standard InChI is InChI=1S/C18H24O2/c1-5-15-13(4)17(18(19)20)12(3)10-16(15)14-8-6-11(2)7-9-14/h6-10,12-13,15,17H,5H2,1-4H3,(H,19,20)/t12-,13+,15+,17+/m0/s1. The lowest BCUT2D eigenvalue weighted by Gasteiger charge is -2.37. The summed E-state index contributed by atoms with van der Waals surface area (Å²) in [5, 5.41) is 9.46. The highest BCUT2D eigenvalue weighted by Crippen LogP contribution is 2.44. The summed E-state index contributed by atoms with van der Waals surface area (Å²) >= 11 is 0. The topological polar surface area (TPSA) is 37.3 Å². The Hall–Kier alpha value is -1.57. The Kier molecular flexibility index (Phi) is 4.32. The summed E-state index contributed by atoms with van der Waals surface area (Å²) in [6.45, 7) is 8.35. The first-order valence-electron chi connectivity index (χ1n) is 7.47. The van der Waals surface area contributed by atoms with Crippen LogP contribution in [-0.4, -0.2) is 11.1 Å². The van der Waals surface area contributed by atoms with Gasteiger partial charge >= 0.3 is 5.97 Å². The number of aliphatic carboxylic acids is 1. The van der Waals surface area contributed by atoms with E-state index in [9.17, 15) is 9.90 Å². The van der Waals surface area contributed by atoms with E-state index in [0.29, 0.717) is 5.92 Å². The summed E-state index contributed by atoms with van der Waals surface area (Å²) < 4.78 is 0. The van der Waals surface area contributed by atoms with E-state index in [2.05, 4.69) is 51.1 Å². The molecule has 0 heterocycles. The Morgan fingerprint density at radius 2 is 1.80 bits per heavy atom. The highest BCUT2D eigenvalue weighted by Gasteiger charge is 2.39. The van der Waals surface area contributed by atoms with Gasteiger partial charge in [-0.3, -0.25) is 4.79 Å². The molecule has 0 bridgehead atoms. The molecule has 0 spiro atoms. The number of aryl methyl sites for hydroxylation is 1. The van der Waals surface area contributed by atoms with Gasteiger partial charge in [-0.25, -0.2) is 0 Å². The molecule has 0 radical (unpaired) electrons. The maximum atomic E-state index is 11.5. The quantitative estimate of drug-likeness (QED) is 0.886. The van der Waals surface area contributed by atoms with Crippen LogP contribution in [0.5, 0.6) is 0 Å². The maximum Gasteiger partial charge on any atom is 0.307 e. The fourth-order valence-electron chi connectivity index (χ4n) is 3.62. The van der Waals surface area contributed by atoms with Crippen molar-refractivity contribution in [2.45, 2.75) is 34.1 Å². The predicted octanol–water partition coefficient (Wildman–Crippen LogP) is 4.39. The van der Waals surface area contributed by atoms with E-state index >= 15 is 0 Å². The monoisotopic (exact) mass is 272 g/mol. The summed E-state index contributed by atoms with van der Waals surface area (Å²) in [5.74, 6) is -0.345. The molecule has 20 heavy (non-hydrogen) atoms. The van der Waals surface area contributed by atoms with Gasteiger partial charge in [0.1, 0.15) is 0 Å². The van der Waals surface area contributed by atoms with E-state index in [1.54, 1.807) is 0 Å². The van der Waals surface area contributed by atoms with Gasteiger partial charge in [0.25, 0.3) is 0 Å². The van der Waals surface area contributed by atoms with Crippen molar-refractivity contribution >= 4 is 11.5 Å². The first kappa shape index (κ1) is 14.8. The number of carbonyl (C=O) groups is 1.